The fourth-order valence-electron chi connectivity index (χ4n) is 4.67. The van der Waals surface area contributed by atoms with Gasteiger partial charge < -0.3 is 10.6 Å². The minimum Gasteiger partial charge on any atom is -0.315 e. The SMILES string of the molecule is NS(=O)(=O)c1c(C(F)(F)F)ccc(C2CCC(NC3CCNC3)CC2)c1-c1nnn[nH]1. The zero-order valence-electron chi connectivity index (χ0n) is 16.6. The summed E-state index contributed by atoms with van der Waals surface area (Å²) in [6, 6.07) is 2.87. The van der Waals surface area contributed by atoms with Crippen LogP contribution in [0.15, 0.2) is 17.0 Å². The molecule has 4 rings (SSSR count). The Kier molecular flexibility index (Phi) is 6.03. The normalized spacial score (nSPS) is 25.1. The van der Waals surface area contributed by atoms with E-state index in [9.17, 15) is 21.6 Å². The summed E-state index contributed by atoms with van der Waals surface area (Å²) in [5, 5.41) is 25.1. The van der Waals surface area contributed by atoms with Crippen molar-refractivity contribution in [3.63, 3.8) is 0 Å². The van der Waals surface area contributed by atoms with E-state index in [-0.39, 0.29) is 17.3 Å². The number of alkyl halides is 3. The molecule has 1 atom stereocenters. The van der Waals surface area contributed by atoms with E-state index in [1.807, 2.05) is 0 Å². The van der Waals surface area contributed by atoms with Crippen LogP contribution in [0.5, 0.6) is 0 Å². The van der Waals surface area contributed by atoms with E-state index >= 15 is 0 Å². The Morgan fingerprint density at radius 3 is 2.39 bits per heavy atom. The first kappa shape index (κ1) is 22.1. The van der Waals surface area contributed by atoms with E-state index in [1.165, 1.54) is 6.07 Å². The lowest BCUT2D eigenvalue weighted by molar-refractivity contribution is -0.139. The van der Waals surface area contributed by atoms with Crippen molar-refractivity contribution in [1.29, 1.82) is 0 Å². The Morgan fingerprint density at radius 1 is 1.10 bits per heavy atom. The highest BCUT2D eigenvalue weighted by Crippen LogP contribution is 2.44. The Balaban J connectivity index is 1.70. The van der Waals surface area contributed by atoms with E-state index < -0.39 is 26.7 Å². The van der Waals surface area contributed by atoms with Crippen LogP contribution in [0.3, 0.4) is 0 Å². The average Bonchev–Trinajstić information content (AvgIpc) is 3.40. The van der Waals surface area contributed by atoms with E-state index in [0.717, 1.165) is 38.4 Å². The lowest BCUT2D eigenvalue weighted by Crippen LogP contribution is -2.41. The monoisotopic (exact) mass is 459 g/mol. The molecular formula is C18H24F3N7O2S. The number of aromatic amines is 1. The number of benzene rings is 1. The quantitative estimate of drug-likeness (QED) is 0.532. The first-order valence-electron chi connectivity index (χ1n) is 10.1. The van der Waals surface area contributed by atoms with Crippen molar-refractivity contribution in [2.45, 2.75) is 61.2 Å². The van der Waals surface area contributed by atoms with Crippen molar-refractivity contribution in [3.8, 4) is 11.4 Å². The smallest absolute Gasteiger partial charge is 0.315 e. The second kappa shape index (κ2) is 8.45. The molecule has 2 aliphatic rings. The van der Waals surface area contributed by atoms with Crippen molar-refractivity contribution in [2.24, 2.45) is 5.14 Å². The van der Waals surface area contributed by atoms with Gasteiger partial charge in [0.2, 0.25) is 10.0 Å². The molecule has 31 heavy (non-hydrogen) atoms. The zero-order chi connectivity index (χ0) is 22.2. The van der Waals surface area contributed by atoms with Gasteiger partial charge in [-0.15, -0.1) is 5.10 Å². The number of nitrogens with one attached hydrogen (secondary N) is 3. The molecule has 0 bridgehead atoms. The third-order valence-corrected chi connectivity index (χ3v) is 7.05. The first-order chi connectivity index (χ1) is 14.6. The van der Waals surface area contributed by atoms with Crippen LogP contribution >= 0.6 is 0 Å². The predicted octanol–water partition coefficient (Wildman–Crippen LogP) is 1.51. The fourth-order valence-corrected chi connectivity index (χ4v) is 5.66. The summed E-state index contributed by atoms with van der Waals surface area (Å²) in [6.07, 6.45) is -0.774. The zero-order valence-corrected chi connectivity index (χ0v) is 17.4. The number of hydrogen-bond donors (Lipinski definition) is 4. The molecule has 1 saturated heterocycles. The number of primary sulfonamides is 1. The summed E-state index contributed by atoms with van der Waals surface area (Å²) in [5.74, 6) is -0.287. The Hall–Kier alpha value is -2.09. The van der Waals surface area contributed by atoms with Crippen LogP contribution in [-0.2, 0) is 16.2 Å². The van der Waals surface area contributed by atoms with E-state index in [1.54, 1.807) is 0 Å². The van der Waals surface area contributed by atoms with Gasteiger partial charge in [-0.3, -0.25) is 0 Å². The van der Waals surface area contributed by atoms with Crippen LogP contribution in [-0.4, -0.2) is 54.2 Å². The molecule has 5 N–H and O–H groups in total. The van der Waals surface area contributed by atoms with Crippen LogP contribution < -0.4 is 15.8 Å². The highest BCUT2D eigenvalue weighted by molar-refractivity contribution is 7.89. The maximum absolute atomic E-state index is 13.6. The molecule has 2 heterocycles. The minimum absolute atomic E-state index is 0.136. The largest absolute Gasteiger partial charge is 0.417 e. The highest BCUT2D eigenvalue weighted by Gasteiger charge is 2.40. The molecule has 1 aliphatic carbocycles. The van der Waals surface area contributed by atoms with Gasteiger partial charge in [-0.05, 0) is 66.6 Å². The summed E-state index contributed by atoms with van der Waals surface area (Å²) in [7, 11) is -4.72. The third-order valence-electron chi connectivity index (χ3n) is 6.06. The number of sulfonamides is 1. The van der Waals surface area contributed by atoms with Crippen molar-refractivity contribution in [2.75, 3.05) is 13.1 Å². The van der Waals surface area contributed by atoms with Gasteiger partial charge in [0.25, 0.3) is 0 Å². The third kappa shape index (κ3) is 4.73. The van der Waals surface area contributed by atoms with Gasteiger partial charge >= 0.3 is 6.18 Å². The number of rotatable bonds is 5. The lowest BCUT2D eigenvalue weighted by atomic mass is 9.79. The van der Waals surface area contributed by atoms with E-state index in [4.69, 9.17) is 5.14 Å². The summed E-state index contributed by atoms with van der Waals surface area (Å²) in [6.45, 7) is 1.92. The average molecular weight is 459 g/mol. The number of nitrogens with zero attached hydrogens (tertiary/aromatic N) is 3. The predicted molar refractivity (Wildman–Crippen MR) is 105 cm³/mol. The van der Waals surface area contributed by atoms with Gasteiger partial charge in [0.1, 0.15) is 4.90 Å². The number of tetrazole rings is 1. The molecule has 2 aromatic rings. The molecule has 0 spiro atoms. The lowest BCUT2D eigenvalue weighted by Gasteiger charge is -2.32. The molecule has 1 unspecified atom stereocenters. The van der Waals surface area contributed by atoms with Gasteiger partial charge in [-0.25, -0.2) is 18.7 Å². The molecule has 0 amide bonds. The molecule has 1 aromatic carbocycles. The molecule has 9 nitrogen and oxygen atoms in total. The van der Waals surface area contributed by atoms with Gasteiger partial charge in [0.15, 0.2) is 5.82 Å². The first-order valence-corrected chi connectivity index (χ1v) is 11.7. The van der Waals surface area contributed by atoms with Crippen LogP contribution in [0.1, 0.15) is 49.1 Å². The molecule has 1 aromatic heterocycles. The van der Waals surface area contributed by atoms with Crippen molar-refractivity contribution in [3.05, 3.63) is 23.3 Å². The molecule has 13 heteroatoms. The Bertz CT molecular complexity index is 1010. The van der Waals surface area contributed by atoms with Crippen molar-refractivity contribution < 1.29 is 21.6 Å². The van der Waals surface area contributed by atoms with Gasteiger partial charge in [-0.2, -0.15) is 13.2 Å². The fraction of sp³-hybridized carbons (Fsp3) is 0.611. The van der Waals surface area contributed by atoms with Crippen LogP contribution in [0.4, 0.5) is 13.2 Å². The molecule has 2 fully saturated rings. The van der Waals surface area contributed by atoms with Crippen LogP contribution in [0, 0.1) is 0 Å². The van der Waals surface area contributed by atoms with E-state index in [2.05, 4.69) is 31.3 Å². The van der Waals surface area contributed by atoms with Gasteiger partial charge in [0, 0.05) is 24.2 Å². The molecule has 1 aliphatic heterocycles. The second-order valence-corrected chi connectivity index (χ2v) is 9.60. The summed E-state index contributed by atoms with van der Waals surface area (Å²) >= 11 is 0. The highest BCUT2D eigenvalue weighted by atomic mass is 32.2. The standard InChI is InChI=1S/C18H24F3N7O2S/c19-18(20,21)14-6-5-13(15(16(14)31(22,29)30)17-25-27-28-26-17)10-1-3-11(4-2-10)24-12-7-8-23-9-12/h5-6,10-12,23-24H,1-4,7-9H2,(H2,22,29,30)(H,25,26,27,28). The van der Waals surface area contributed by atoms with Crippen molar-refractivity contribution >= 4 is 10.0 Å². The molecule has 170 valence electrons. The Labute approximate surface area is 177 Å². The minimum atomic E-state index is -4.90. The summed E-state index contributed by atoms with van der Waals surface area (Å²) in [5.41, 5.74) is -1.07. The summed E-state index contributed by atoms with van der Waals surface area (Å²) < 4.78 is 65.4. The number of nitrogens with two attached hydrogens (primary N) is 1. The van der Waals surface area contributed by atoms with Gasteiger partial charge in [-0.1, -0.05) is 6.07 Å². The molecule has 0 radical (unpaired) electrons. The summed E-state index contributed by atoms with van der Waals surface area (Å²) in [4.78, 5) is -0.992. The number of aromatic nitrogens is 4. The van der Waals surface area contributed by atoms with E-state index in [0.29, 0.717) is 30.5 Å². The molecule has 1 saturated carbocycles. The van der Waals surface area contributed by atoms with Crippen molar-refractivity contribution in [1.82, 2.24) is 31.3 Å². The number of halogens is 3. The Morgan fingerprint density at radius 2 is 1.84 bits per heavy atom. The maximum Gasteiger partial charge on any atom is 0.417 e. The van der Waals surface area contributed by atoms with Crippen LogP contribution in [0.2, 0.25) is 0 Å². The van der Waals surface area contributed by atoms with Gasteiger partial charge in [0.05, 0.1) is 5.56 Å². The molecular weight excluding hydrogens is 435 g/mol. The van der Waals surface area contributed by atoms with Crippen LogP contribution in [0.25, 0.3) is 11.4 Å². The topological polar surface area (TPSA) is 139 Å². The second-order valence-electron chi connectivity index (χ2n) is 8.10. The number of H-pyrrole nitrogens is 1. The number of hydrogen-bond acceptors (Lipinski definition) is 7. The maximum atomic E-state index is 13.6.